The smallest absolute Gasteiger partial charge is 0.265 e. The molecule has 0 saturated heterocycles. The van der Waals surface area contributed by atoms with Crippen LogP contribution in [0.5, 0.6) is 0 Å². The Bertz CT molecular complexity index is 329. The molecule has 1 unspecified atom stereocenters. The molecule has 15 heavy (non-hydrogen) atoms. The number of halogens is 1. The quantitative estimate of drug-likeness (QED) is 0.810. The zero-order chi connectivity index (χ0) is 11.3. The lowest BCUT2D eigenvalue weighted by Crippen LogP contribution is -2.34. The van der Waals surface area contributed by atoms with Crippen molar-refractivity contribution in [1.82, 2.24) is 14.9 Å². The third-order valence-corrected chi connectivity index (χ3v) is 3.19. The standard InChI is InChI=1S/C9H14ClN3OS/c1-3-7(4-5-10)11-9(14)8-6(2)12-13-15-8/h7H,3-5H2,1-2H3,(H,11,14). The SMILES string of the molecule is CCC(CCCl)NC(=O)c1snnc1C. The van der Waals surface area contributed by atoms with Gasteiger partial charge in [0.05, 0.1) is 5.69 Å². The van der Waals surface area contributed by atoms with Gasteiger partial charge in [-0.1, -0.05) is 11.4 Å². The molecule has 0 bridgehead atoms. The van der Waals surface area contributed by atoms with Gasteiger partial charge in [-0.3, -0.25) is 4.79 Å². The van der Waals surface area contributed by atoms with Gasteiger partial charge in [-0.05, 0) is 31.3 Å². The number of aromatic nitrogens is 2. The van der Waals surface area contributed by atoms with Crippen LogP contribution in [0, 0.1) is 6.92 Å². The summed E-state index contributed by atoms with van der Waals surface area (Å²) >= 11 is 6.76. The molecular weight excluding hydrogens is 234 g/mol. The lowest BCUT2D eigenvalue weighted by atomic mass is 10.1. The molecule has 1 aromatic heterocycles. The minimum absolute atomic E-state index is 0.0977. The number of hydrogen-bond acceptors (Lipinski definition) is 4. The van der Waals surface area contributed by atoms with E-state index in [1.54, 1.807) is 6.92 Å². The maximum Gasteiger partial charge on any atom is 0.265 e. The Labute approximate surface area is 98.2 Å². The Hall–Kier alpha value is -0.680. The van der Waals surface area contributed by atoms with Crippen LogP contribution in [0.25, 0.3) is 0 Å². The van der Waals surface area contributed by atoms with E-state index >= 15 is 0 Å². The largest absolute Gasteiger partial charge is 0.348 e. The second kappa shape index (κ2) is 6.02. The Morgan fingerprint density at radius 3 is 2.87 bits per heavy atom. The van der Waals surface area contributed by atoms with Crippen LogP contribution in [-0.2, 0) is 0 Å². The van der Waals surface area contributed by atoms with Crippen molar-refractivity contribution in [3.8, 4) is 0 Å². The molecule has 6 heteroatoms. The molecule has 0 aromatic carbocycles. The van der Waals surface area contributed by atoms with Gasteiger partial charge < -0.3 is 5.32 Å². The van der Waals surface area contributed by atoms with Crippen molar-refractivity contribution in [2.45, 2.75) is 32.7 Å². The van der Waals surface area contributed by atoms with Crippen molar-refractivity contribution in [1.29, 1.82) is 0 Å². The molecule has 1 atom stereocenters. The molecule has 0 aliphatic rings. The fourth-order valence-corrected chi connectivity index (χ4v) is 2.02. The van der Waals surface area contributed by atoms with Crippen molar-refractivity contribution >= 4 is 29.0 Å². The highest BCUT2D eigenvalue weighted by Crippen LogP contribution is 2.10. The second-order valence-electron chi connectivity index (χ2n) is 3.24. The monoisotopic (exact) mass is 247 g/mol. The van der Waals surface area contributed by atoms with Gasteiger partial charge in [-0.25, -0.2) is 0 Å². The van der Waals surface area contributed by atoms with Crippen LogP contribution in [0.2, 0.25) is 0 Å². The predicted molar refractivity (Wildman–Crippen MR) is 61.5 cm³/mol. The first-order chi connectivity index (χ1) is 7.19. The molecule has 0 aliphatic heterocycles. The Morgan fingerprint density at radius 1 is 1.67 bits per heavy atom. The average Bonchev–Trinajstić information content (AvgIpc) is 2.63. The number of hydrogen-bond donors (Lipinski definition) is 1. The fraction of sp³-hybridized carbons (Fsp3) is 0.667. The summed E-state index contributed by atoms with van der Waals surface area (Å²) in [4.78, 5) is 12.3. The lowest BCUT2D eigenvalue weighted by molar-refractivity contribution is 0.0938. The number of aryl methyl sites for hydroxylation is 1. The van der Waals surface area contributed by atoms with E-state index in [2.05, 4.69) is 14.9 Å². The van der Waals surface area contributed by atoms with Crippen LogP contribution in [0.4, 0.5) is 0 Å². The molecule has 84 valence electrons. The van der Waals surface area contributed by atoms with Crippen molar-refractivity contribution in [3.05, 3.63) is 10.6 Å². The van der Waals surface area contributed by atoms with Crippen LogP contribution in [0.1, 0.15) is 35.1 Å². The molecule has 1 heterocycles. The normalized spacial score (nSPS) is 12.5. The third kappa shape index (κ3) is 3.43. The summed E-state index contributed by atoms with van der Waals surface area (Å²) in [5, 5.41) is 6.72. The molecule has 1 amide bonds. The van der Waals surface area contributed by atoms with E-state index in [-0.39, 0.29) is 11.9 Å². The second-order valence-corrected chi connectivity index (χ2v) is 4.38. The summed E-state index contributed by atoms with van der Waals surface area (Å²) < 4.78 is 3.73. The molecular formula is C9H14ClN3OS. The first-order valence-electron chi connectivity index (χ1n) is 4.84. The molecule has 4 nitrogen and oxygen atoms in total. The Balaban J connectivity index is 2.58. The van der Waals surface area contributed by atoms with Gasteiger partial charge >= 0.3 is 0 Å². The van der Waals surface area contributed by atoms with Crippen LogP contribution < -0.4 is 5.32 Å². The summed E-state index contributed by atoms with van der Waals surface area (Å²) in [6.45, 7) is 3.80. The topological polar surface area (TPSA) is 54.9 Å². The molecule has 1 aromatic rings. The van der Waals surface area contributed by atoms with Crippen molar-refractivity contribution < 1.29 is 4.79 Å². The van der Waals surface area contributed by atoms with Gasteiger partial charge in [-0.2, -0.15) is 0 Å². The molecule has 1 rings (SSSR count). The molecule has 0 spiro atoms. The van der Waals surface area contributed by atoms with E-state index in [1.165, 1.54) is 0 Å². The van der Waals surface area contributed by atoms with Gasteiger partial charge in [0.25, 0.3) is 5.91 Å². The third-order valence-electron chi connectivity index (χ3n) is 2.14. The van der Waals surface area contributed by atoms with Crippen LogP contribution in [0.15, 0.2) is 0 Å². The average molecular weight is 248 g/mol. The maximum absolute atomic E-state index is 11.7. The molecule has 0 radical (unpaired) electrons. The number of nitrogens with one attached hydrogen (secondary N) is 1. The van der Waals surface area contributed by atoms with E-state index in [0.29, 0.717) is 16.5 Å². The van der Waals surface area contributed by atoms with E-state index in [1.807, 2.05) is 6.92 Å². The van der Waals surface area contributed by atoms with E-state index in [4.69, 9.17) is 11.6 Å². The van der Waals surface area contributed by atoms with Crippen molar-refractivity contribution in [2.75, 3.05) is 5.88 Å². The summed E-state index contributed by atoms with van der Waals surface area (Å²) in [5.41, 5.74) is 0.679. The number of carbonyl (C=O) groups excluding carboxylic acids is 1. The molecule has 0 saturated carbocycles. The van der Waals surface area contributed by atoms with E-state index < -0.39 is 0 Å². The summed E-state index contributed by atoms with van der Waals surface area (Å²) in [5.74, 6) is 0.457. The maximum atomic E-state index is 11.7. The van der Waals surface area contributed by atoms with Gasteiger partial charge in [0.1, 0.15) is 4.88 Å². The summed E-state index contributed by atoms with van der Waals surface area (Å²) in [6, 6.07) is 0.136. The van der Waals surface area contributed by atoms with Crippen LogP contribution in [0.3, 0.4) is 0 Å². The van der Waals surface area contributed by atoms with Crippen LogP contribution in [-0.4, -0.2) is 27.4 Å². The summed E-state index contributed by atoms with van der Waals surface area (Å²) in [6.07, 6.45) is 1.67. The predicted octanol–water partition coefficient (Wildman–Crippen LogP) is 1.98. The van der Waals surface area contributed by atoms with E-state index in [0.717, 1.165) is 24.4 Å². The fourth-order valence-electron chi connectivity index (χ4n) is 1.20. The minimum atomic E-state index is -0.0977. The number of carbonyl (C=O) groups is 1. The van der Waals surface area contributed by atoms with Gasteiger partial charge in [0.2, 0.25) is 0 Å². The summed E-state index contributed by atoms with van der Waals surface area (Å²) in [7, 11) is 0. The van der Waals surface area contributed by atoms with Crippen molar-refractivity contribution in [3.63, 3.8) is 0 Å². The molecule has 0 aliphatic carbocycles. The first-order valence-corrected chi connectivity index (χ1v) is 6.15. The Kier molecular flexibility index (Phi) is 4.98. The van der Waals surface area contributed by atoms with Gasteiger partial charge in [-0.15, -0.1) is 16.7 Å². The zero-order valence-corrected chi connectivity index (χ0v) is 10.4. The number of alkyl halides is 1. The van der Waals surface area contributed by atoms with Gasteiger partial charge in [0.15, 0.2) is 0 Å². The van der Waals surface area contributed by atoms with Gasteiger partial charge in [0, 0.05) is 11.9 Å². The van der Waals surface area contributed by atoms with Crippen LogP contribution >= 0.6 is 23.1 Å². The number of rotatable bonds is 5. The Morgan fingerprint density at radius 2 is 2.40 bits per heavy atom. The minimum Gasteiger partial charge on any atom is -0.348 e. The van der Waals surface area contributed by atoms with Crippen molar-refractivity contribution in [2.24, 2.45) is 0 Å². The highest BCUT2D eigenvalue weighted by Gasteiger charge is 2.16. The molecule has 1 N–H and O–H groups in total. The highest BCUT2D eigenvalue weighted by molar-refractivity contribution is 7.08. The zero-order valence-electron chi connectivity index (χ0n) is 8.79. The molecule has 0 fully saturated rings. The lowest BCUT2D eigenvalue weighted by Gasteiger charge is -2.14. The number of amides is 1. The number of nitrogens with zero attached hydrogens (tertiary/aromatic N) is 2. The van der Waals surface area contributed by atoms with E-state index in [9.17, 15) is 4.79 Å². The highest BCUT2D eigenvalue weighted by atomic mass is 35.5. The first kappa shape index (κ1) is 12.4.